The Labute approximate surface area is 170 Å². The van der Waals surface area contributed by atoms with Crippen LogP contribution in [0.3, 0.4) is 0 Å². The van der Waals surface area contributed by atoms with Gasteiger partial charge in [-0.3, -0.25) is 4.79 Å². The topological polar surface area (TPSA) is 76.1 Å². The number of benzene rings is 2. The fourth-order valence-corrected chi connectivity index (χ4v) is 3.65. The Hall–Kier alpha value is -3.15. The van der Waals surface area contributed by atoms with Gasteiger partial charge in [-0.1, -0.05) is 23.8 Å². The maximum atomic E-state index is 12.4. The first-order chi connectivity index (χ1) is 14.1. The van der Waals surface area contributed by atoms with Crippen molar-refractivity contribution in [3.05, 3.63) is 59.4 Å². The van der Waals surface area contributed by atoms with Gasteiger partial charge in [0.1, 0.15) is 17.9 Å². The molecule has 150 valence electrons. The molecule has 1 aliphatic heterocycles. The number of rotatable bonds is 6. The average Bonchev–Trinajstić information content (AvgIpc) is 2.73. The third-order valence-electron chi connectivity index (χ3n) is 5.25. The van der Waals surface area contributed by atoms with E-state index in [0.717, 1.165) is 53.0 Å². The largest absolute Gasteiger partial charge is 0.493 e. The van der Waals surface area contributed by atoms with Gasteiger partial charge >= 0.3 is 0 Å². The molecule has 0 saturated heterocycles. The molecule has 4 rings (SSSR count). The minimum Gasteiger partial charge on any atom is -0.493 e. The lowest BCUT2D eigenvalue weighted by atomic mass is 10.00. The maximum Gasteiger partial charge on any atom is 0.222 e. The fourth-order valence-electron chi connectivity index (χ4n) is 3.65. The van der Waals surface area contributed by atoms with Gasteiger partial charge in [0, 0.05) is 18.4 Å². The van der Waals surface area contributed by atoms with Crippen LogP contribution in [0.25, 0.3) is 10.9 Å². The summed E-state index contributed by atoms with van der Waals surface area (Å²) < 4.78 is 5.67. The SMILES string of the molecule is Cc1ccc2ncnc(NCCC(=O)NC(C)c3ccc4c(c3)CCCO4)c2c1. The van der Waals surface area contributed by atoms with Gasteiger partial charge in [-0.05, 0) is 56.0 Å². The first-order valence-corrected chi connectivity index (χ1v) is 10.1. The van der Waals surface area contributed by atoms with E-state index in [2.05, 4.69) is 32.7 Å². The Kier molecular flexibility index (Phi) is 5.60. The molecule has 3 aromatic rings. The van der Waals surface area contributed by atoms with Crippen LogP contribution in [-0.2, 0) is 11.2 Å². The van der Waals surface area contributed by atoms with Gasteiger partial charge in [0.25, 0.3) is 0 Å². The van der Waals surface area contributed by atoms with E-state index in [9.17, 15) is 4.79 Å². The molecule has 0 saturated carbocycles. The Morgan fingerprint density at radius 2 is 2.10 bits per heavy atom. The second-order valence-electron chi connectivity index (χ2n) is 7.53. The fraction of sp³-hybridized carbons (Fsp3) is 0.348. The van der Waals surface area contributed by atoms with Crippen molar-refractivity contribution < 1.29 is 9.53 Å². The first-order valence-electron chi connectivity index (χ1n) is 10.1. The van der Waals surface area contributed by atoms with Crippen LogP contribution >= 0.6 is 0 Å². The highest BCUT2D eigenvalue weighted by atomic mass is 16.5. The molecule has 2 aromatic carbocycles. The molecule has 1 aliphatic rings. The van der Waals surface area contributed by atoms with Crippen LogP contribution in [0.4, 0.5) is 5.82 Å². The van der Waals surface area contributed by atoms with Gasteiger partial charge in [-0.25, -0.2) is 9.97 Å². The number of ether oxygens (including phenoxy) is 1. The molecule has 0 fully saturated rings. The summed E-state index contributed by atoms with van der Waals surface area (Å²) in [4.78, 5) is 21.0. The molecule has 2 heterocycles. The molecule has 1 aromatic heterocycles. The van der Waals surface area contributed by atoms with Crippen molar-refractivity contribution in [2.45, 2.75) is 39.2 Å². The lowest BCUT2D eigenvalue weighted by Crippen LogP contribution is -2.28. The summed E-state index contributed by atoms with van der Waals surface area (Å²) in [7, 11) is 0. The van der Waals surface area contributed by atoms with Gasteiger partial charge in [0.2, 0.25) is 5.91 Å². The number of carbonyl (C=O) groups excluding carboxylic acids is 1. The highest BCUT2D eigenvalue weighted by Crippen LogP contribution is 2.27. The highest BCUT2D eigenvalue weighted by molar-refractivity contribution is 5.89. The maximum absolute atomic E-state index is 12.4. The van der Waals surface area contributed by atoms with E-state index in [0.29, 0.717) is 13.0 Å². The summed E-state index contributed by atoms with van der Waals surface area (Å²) in [5.74, 6) is 1.73. The van der Waals surface area contributed by atoms with E-state index >= 15 is 0 Å². The molecule has 0 aliphatic carbocycles. The standard InChI is InChI=1S/C23H26N4O2/c1-15-5-7-20-19(12-15)23(26-14-25-20)24-10-9-22(28)27-16(2)17-6-8-21-18(13-17)4-3-11-29-21/h5-8,12-14,16H,3-4,9-11H2,1-2H3,(H,27,28)(H,24,25,26). The number of nitrogens with zero attached hydrogens (tertiary/aromatic N) is 2. The lowest BCUT2D eigenvalue weighted by molar-refractivity contribution is -0.121. The van der Waals surface area contributed by atoms with E-state index in [1.807, 2.05) is 38.1 Å². The van der Waals surface area contributed by atoms with Crippen molar-refractivity contribution in [3.63, 3.8) is 0 Å². The molecule has 29 heavy (non-hydrogen) atoms. The number of fused-ring (bicyclic) bond motifs is 2. The summed E-state index contributed by atoms with van der Waals surface area (Å²) >= 11 is 0. The van der Waals surface area contributed by atoms with Crippen LogP contribution in [0.1, 0.15) is 42.5 Å². The number of anilines is 1. The smallest absolute Gasteiger partial charge is 0.222 e. The van der Waals surface area contributed by atoms with Gasteiger partial charge in [-0.15, -0.1) is 0 Å². The number of carbonyl (C=O) groups is 1. The van der Waals surface area contributed by atoms with Crippen LogP contribution in [-0.4, -0.2) is 29.0 Å². The van der Waals surface area contributed by atoms with Crippen molar-refractivity contribution in [1.29, 1.82) is 0 Å². The summed E-state index contributed by atoms with van der Waals surface area (Å²) in [5.41, 5.74) is 4.37. The summed E-state index contributed by atoms with van der Waals surface area (Å²) in [6.45, 7) is 5.35. The molecular formula is C23H26N4O2. The van der Waals surface area contributed by atoms with E-state index in [-0.39, 0.29) is 11.9 Å². The van der Waals surface area contributed by atoms with Gasteiger partial charge in [0.15, 0.2) is 0 Å². The van der Waals surface area contributed by atoms with Crippen molar-refractivity contribution in [2.24, 2.45) is 0 Å². The zero-order valence-corrected chi connectivity index (χ0v) is 16.9. The second kappa shape index (κ2) is 8.47. The minimum absolute atomic E-state index is 0.00788. The average molecular weight is 390 g/mol. The monoisotopic (exact) mass is 390 g/mol. The van der Waals surface area contributed by atoms with Crippen LogP contribution < -0.4 is 15.4 Å². The molecule has 0 spiro atoms. The van der Waals surface area contributed by atoms with Crippen LogP contribution in [0.5, 0.6) is 5.75 Å². The third-order valence-corrected chi connectivity index (χ3v) is 5.25. The molecule has 6 nitrogen and oxygen atoms in total. The predicted octanol–water partition coefficient (Wildman–Crippen LogP) is 3.94. The van der Waals surface area contributed by atoms with E-state index < -0.39 is 0 Å². The Bertz CT molecular complexity index is 1030. The second-order valence-corrected chi connectivity index (χ2v) is 7.53. The molecule has 6 heteroatoms. The molecule has 1 unspecified atom stereocenters. The summed E-state index contributed by atoms with van der Waals surface area (Å²) in [5, 5.41) is 7.32. The third kappa shape index (κ3) is 4.47. The van der Waals surface area contributed by atoms with Crippen molar-refractivity contribution in [3.8, 4) is 5.75 Å². The number of hydrogen-bond donors (Lipinski definition) is 2. The normalized spacial score (nSPS) is 14.0. The molecular weight excluding hydrogens is 364 g/mol. The Morgan fingerprint density at radius 3 is 3.00 bits per heavy atom. The minimum atomic E-state index is -0.0442. The first kappa shape index (κ1) is 19.2. The van der Waals surface area contributed by atoms with Crippen LogP contribution in [0.15, 0.2) is 42.7 Å². The van der Waals surface area contributed by atoms with E-state index in [1.165, 1.54) is 5.56 Å². The molecule has 1 atom stereocenters. The number of nitrogens with one attached hydrogen (secondary N) is 2. The number of hydrogen-bond acceptors (Lipinski definition) is 5. The van der Waals surface area contributed by atoms with Crippen molar-refractivity contribution in [2.75, 3.05) is 18.5 Å². The molecule has 1 amide bonds. The lowest BCUT2D eigenvalue weighted by Gasteiger charge is -2.20. The van der Waals surface area contributed by atoms with E-state index in [4.69, 9.17) is 4.74 Å². The quantitative estimate of drug-likeness (QED) is 0.667. The summed E-state index contributed by atoms with van der Waals surface area (Å²) in [6.07, 6.45) is 3.98. The molecule has 0 bridgehead atoms. The van der Waals surface area contributed by atoms with Gasteiger partial charge in [0.05, 0.1) is 18.2 Å². The number of amides is 1. The molecule has 0 radical (unpaired) electrons. The van der Waals surface area contributed by atoms with Crippen molar-refractivity contribution >= 4 is 22.6 Å². The molecule has 2 N–H and O–H groups in total. The predicted molar refractivity (Wildman–Crippen MR) is 114 cm³/mol. The highest BCUT2D eigenvalue weighted by Gasteiger charge is 2.15. The van der Waals surface area contributed by atoms with Crippen molar-refractivity contribution in [1.82, 2.24) is 15.3 Å². The van der Waals surface area contributed by atoms with Crippen LogP contribution in [0.2, 0.25) is 0 Å². The number of aromatic nitrogens is 2. The summed E-state index contributed by atoms with van der Waals surface area (Å²) in [6, 6.07) is 12.2. The van der Waals surface area contributed by atoms with Gasteiger partial charge in [-0.2, -0.15) is 0 Å². The van der Waals surface area contributed by atoms with Crippen LogP contribution in [0, 0.1) is 6.92 Å². The Morgan fingerprint density at radius 1 is 1.21 bits per heavy atom. The Balaban J connectivity index is 1.33. The van der Waals surface area contributed by atoms with Gasteiger partial charge < -0.3 is 15.4 Å². The zero-order valence-electron chi connectivity index (χ0n) is 16.9. The zero-order chi connectivity index (χ0) is 20.2. The number of aryl methyl sites for hydroxylation is 2. The van der Waals surface area contributed by atoms with E-state index in [1.54, 1.807) is 6.33 Å².